The van der Waals surface area contributed by atoms with Crippen molar-refractivity contribution in [2.75, 3.05) is 0 Å². The Balaban J connectivity index is 2.15. The van der Waals surface area contributed by atoms with E-state index in [1.54, 1.807) is 18.2 Å². The zero-order valence-electron chi connectivity index (χ0n) is 10.8. The van der Waals surface area contributed by atoms with Gasteiger partial charge in [0.05, 0.1) is 5.56 Å². The van der Waals surface area contributed by atoms with Gasteiger partial charge in [-0.25, -0.2) is 0 Å². The molecule has 2 N–H and O–H groups in total. The molecule has 21 heavy (non-hydrogen) atoms. The van der Waals surface area contributed by atoms with Crippen LogP contribution in [-0.4, -0.2) is 0 Å². The first-order valence-electron chi connectivity index (χ1n) is 6.14. The first-order valence-corrected chi connectivity index (χ1v) is 6.89. The molecule has 6 heteroatoms. The zero-order chi connectivity index (χ0) is 15.6. The van der Waals surface area contributed by atoms with Crippen LogP contribution in [0, 0.1) is 0 Å². The number of halogens is 5. The predicted octanol–water partition coefficient (Wildman–Crippen LogP) is 5.25. The molecule has 0 aliphatic heterocycles. The second-order valence-electron chi connectivity index (χ2n) is 4.67. The second-order valence-corrected chi connectivity index (χ2v) is 5.51. The maximum atomic E-state index is 12.5. The van der Waals surface area contributed by atoms with E-state index in [9.17, 15) is 13.2 Å². The van der Waals surface area contributed by atoms with Crippen LogP contribution in [-0.2, 0) is 12.6 Å². The Bertz CT molecular complexity index is 624. The molecular formula is C15H12Cl2F3N. The van der Waals surface area contributed by atoms with Gasteiger partial charge >= 0.3 is 6.18 Å². The Morgan fingerprint density at radius 3 is 2.14 bits per heavy atom. The monoisotopic (exact) mass is 333 g/mol. The Morgan fingerprint density at radius 2 is 1.62 bits per heavy atom. The molecule has 0 fully saturated rings. The fourth-order valence-electron chi connectivity index (χ4n) is 1.96. The molecule has 2 rings (SSSR count). The highest BCUT2D eigenvalue weighted by Gasteiger charge is 2.30. The van der Waals surface area contributed by atoms with Crippen LogP contribution in [0.2, 0.25) is 10.0 Å². The van der Waals surface area contributed by atoms with Crippen molar-refractivity contribution >= 4 is 23.2 Å². The highest BCUT2D eigenvalue weighted by atomic mass is 35.5. The molecule has 112 valence electrons. The fourth-order valence-corrected chi connectivity index (χ4v) is 2.45. The largest absolute Gasteiger partial charge is 0.416 e. The minimum Gasteiger partial charge on any atom is -0.324 e. The van der Waals surface area contributed by atoms with Crippen LogP contribution in [0.1, 0.15) is 22.7 Å². The molecule has 0 heterocycles. The molecule has 2 aromatic carbocycles. The minimum atomic E-state index is -4.35. The maximum absolute atomic E-state index is 12.5. The SMILES string of the molecule is NC(Cc1ccc(Cl)cc1Cl)c1ccc(C(F)(F)F)cc1. The van der Waals surface area contributed by atoms with Crippen LogP contribution >= 0.6 is 23.2 Å². The summed E-state index contributed by atoms with van der Waals surface area (Å²) in [4.78, 5) is 0. The minimum absolute atomic E-state index is 0.418. The van der Waals surface area contributed by atoms with Crippen molar-refractivity contribution in [3.63, 3.8) is 0 Å². The van der Waals surface area contributed by atoms with E-state index in [1.807, 2.05) is 0 Å². The molecule has 0 aromatic heterocycles. The zero-order valence-corrected chi connectivity index (χ0v) is 12.3. The van der Waals surface area contributed by atoms with Gasteiger partial charge in [0.2, 0.25) is 0 Å². The van der Waals surface area contributed by atoms with E-state index in [-0.39, 0.29) is 0 Å². The highest BCUT2D eigenvalue weighted by Crippen LogP contribution is 2.30. The molecule has 0 saturated heterocycles. The molecule has 1 nitrogen and oxygen atoms in total. The Kier molecular flexibility index (Phi) is 4.81. The van der Waals surface area contributed by atoms with Crippen molar-refractivity contribution in [2.24, 2.45) is 5.73 Å². The molecule has 0 saturated carbocycles. The number of alkyl halides is 3. The summed E-state index contributed by atoms with van der Waals surface area (Å²) in [6, 6.07) is 9.45. The van der Waals surface area contributed by atoms with Crippen molar-refractivity contribution in [1.29, 1.82) is 0 Å². The predicted molar refractivity (Wildman–Crippen MR) is 78.5 cm³/mol. The third kappa shape index (κ3) is 4.13. The molecule has 0 amide bonds. The van der Waals surface area contributed by atoms with Crippen LogP contribution in [0.25, 0.3) is 0 Å². The quantitative estimate of drug-likeness (QED) is 0.815. The number of rotatable bonds is 3. The van der Waals surface area contributed by atoms with Crippen molar-refractivity contribution in [2.45, 2.75) is 18.6 Å². The van der Waals surface area contributed by atoms with Crippen molar-refractivity contribution in [3.05, 3.63) is 69.2 Å². The molecule has 0 bridgehead atoms. The van der Waals surface area contributed by atoms with Crippen molar-refractivity contribution in [1.82, 2.24) is 0 Å². The third-order valence-corrected chi connectivity index (χ3v) is 3.71. The lowest BCUT2D eigenvalue weighted by atomic mass is 9.98. The van der Waals surface area contributed by atoms with E-state index in [2.05, 4.69) is 0 Å². The normalized spacial score (nSPS) is 13.2. The van der Waals surface area contributed by atoms with Crippen molar-refractivity contribution in [3.8, 4) is 0 Å². The van der Waals surface area contributed by atoms with Gasteiger partial charge in [-0.2, -0.15) is 13.2 Å². The van der Waals surface area contributed by atoms with Gasteiger partial charge < -0.3 is 5.73 Å². The van der Waals surface area contributed by atoms with E-state index >= 15 is 0 Å². The molecule has 0 aliphatic carbocycles. The molecular weight excluding hydrogens is 322 g/mol. The smallest absolute Gasteiger partial charge is 0.324 e. The lowest BCUT2D eigenvalue weighted by molar-refractivity contribution is -0.137. The average Bonchev–Trinajstić information content (AvgIpc) is 2.41. The maximum Gasteiger partial charge on any atom is 0.416 e. The number of hydrogen-bond donors (Lipinski definition) is 1. The average molecular weight is 334 g/mol. The topological polar surface area (TPSA) is 26.0 Å². The second kappa shape index (κ2) is 6.26. The van der Waals surface area contributed by atoms with E-state index in [1.165, 1.54) is 12.1 Å². The molecule has 0 aliphatic rings. The van der Waals surface area contributed by atoms with Crippen LogP contribution < -0.4 is 5.73 Å². The molecule has 1 atom stereocenters. The van der Waals surface area contributed by atoms with Crippen LogP contribution in [0.4, 0.5) is 13.2 Å². The standard InChI is InChI=1S/C15H12Cl2F3N/c16-12-6-3-10(13(17)8-12)7-14(21)9-1-4-11(5-2-9)15(18,19)20/h1-6,8,14H,7,21H2. The lowest BCUT2D eigenvalue weighted by Gasteiger charge is -2.14. The summed E-state index contributed by atoms with van der Waals surface area (Å²) >= 11 is 11.9. The van der Waals surface area contributed by atoms with Crippen molar-refractivity contribution < 1.29 is 13.2 Å². The summed E-state index contributed by atoms with van der Waals surface area (Å²) in [5.74, 6) is 0. The molecule has 1 unspecified atom stereocenters. The number of hydrogen-bond acceptors (Lipinski definition) is 1. The molecule has 0 spiro atoms. The number of nitrogens with two attached hydrogens (primary N) is 1. The summed E-state index contributed by atoms with van der Waals surface area (Å²) in [5.41, 5.74) is 6.75. The third-order valence-electron chi connectivity index (χ3n) is 3.12. The van der Waals surface area contributed by atoms with Gasteiger partial charge in [-0.05, 0) is 41.8 Å². The molecule has 0 radical (unpaired) electrons. The van der Waals surface area contributed by atoms with E-state index < -0.39 is 17.8 Å². The van der Waals surface area contributed by atoms with Crippen LogP contribution in [0.3, 0.4) is 0 Å². The summed E-state index contributed by atoms with van der Waals surface area (Å²) in [6.07, 6.45) is -3.93. The Hall–Kier alpha value is -1.23. The van der Waals surface area contributed by atoms with Gasteiger partial charge in [-0.15, -0.1) is 0 Å². The van der Waals surface area contributed by atoms with Gasteiger partial charge in [0.1, 0.15) is 0 Å². The van der Waals surface area contributed by atoms with E-state index in [4.69, 9.17) is 28.9 Å². The van der Waals surface area contributed by atoms with Crippen LogP contribution in [0.15, 0.2) is 42.5 Å². The Labute approximate surface area is 130 Å². The first kappa shape index (κ1) is 16.1. The summed E-state index contributed by atoms with van der Waals surface area (Å²) < 4.78 is 37.5. The summed E-state index contributed by atoms with van der Waals surface area (Å²) in [5, 5.41) is 1.01. The fraction of sp³-hybridized carbons (Fsp3) is 0.200. The van der Waals surface area contributed by atoms with Gasteiger partial charge in [0.25, 0.3) is 0 Å². The molecule has 2 aromatic rings. The van der Waals surface area contributed by atoms with E-state index in [0.717, 1.165) is 17.7 Å². The van der Waals surface area contributed by atoms with Gasteiger partial charge in [-0.3, -0.25) is 0 Å². The van der Waals surface area contributed by atoms with Crippen LogP contribution in [0.5, 0.6) is 0 Å². The highest BCUT2D eigenvalue weighted by molar-refractivity contribution is 6.35. The Morgan fingerprint density at radius 1 is 1.00 bits per heavy atom. The summed E-state index contributed by atoms with van der Waals surface area (Å²) in [7, 11) is 0. The summed E-state index contributed by atoms with van der Waals surface area (Å²) in [6.45, 7) is 0. The first-order chi connectivity index (χ1) is 9.77. The lowest BCUT2D eigenvalue weighted by Crippen LogP contribution is -2.14. The van der Waals surface area contributed by atoms with Gasteiger partial charge in [0, 0.05) is 16.1 Å². The van der Waals surface area contributed by atoms with Gasteiger partial charge in [-0.1, -0.05) is 41.4 Å². The number of benzene rings is 2. The van der Waals surface area contributed by atoms with E-state index in [0.29, 0.717) is 22.0 Å². The van der Waals surface area contributed by atoms with Gasteiger partial charge in [0.15, 0.2) is 0 Å².